The van der Waals surface area contributed by atoms with E-state index in [1.165, 1.54) is 18.5 Å². The maximum Gasteiger partial charge on any atom is 0.237 e. The van der Waals surface area contributed by atoms with Crippen LogP contribution in [0.25, 0.3) is 0 Å². The number of aromatic nitrogens is 2. The number of ether oxygens (including phenoxy) is 1. The highest BCUT2D eigenvalue weighted by Crippen LogP contribution is 2.68. The minimum atomic E-state index is -1.01. The maximum absolute atomic E-state index is 13.2. The van der Waals surface area contributed by atoms with Crippen LogP contribution in [0.4, 0.5) is 14.6 Å². The molecule has 1 aromatic heterocycles. The molecule has 132 valence electrons. The van der Waals surface area contributed by atoms with E-state index in [2.05, 4.69) is 43.0 Å². The Bertz CT molecular complexity index is 806. The van der Waals surface area contributed by atoms with Crippen LogP contribution in [-0.2, 0) is 4.79 Å². The predicted octanol–water partition coefficient (Wildman–Crippen LogP) is 4.17. The molecule has 1 aromatic carbocycles. The first-order valence-electron chi connectivity index (χ1n) is 7.89. The van der Waals surface area contributed by atoms with E-state index in [9.17, 15) is 13.6 Å². The average Bonchev–Trinajstić information content (AvgIpc) is 2.94. The third kappa shape index (κ3) is 3.06. The van der Waals surface area contributed by atoms with Crippen LogP contribution in [0, 0.1) is 28.4 Å². The largest absolute Gasteiger partial charge is 0.437 e. The second kappa shape index (κ2) is 5.75. The highest BCUT2D eigenvalue weighted by atomic mass is 19.2. The number of hydrogen-bond acceptors (Lipinski definition) is 4. The fourth-order valence-corrected chi connectivity index (χ4v) is 3.14. The third-order valence-electron chi connectivity index (χ3n) is 5.28. The average molecular weight is 347 g/mol. The molecule has 0 atom stereocenters. The maximum atomic E-state index is 13.2. The summed E-state index contributed by atoms with van der Waals surface area (Å²) in [7, 11) is 0. The lowest BCUT2D eigenvalue weighted by Gasteiger charge is -2.07. The second-order valence-electron chi connectivity index (χ2n) is 7.28. The molecule has 0 bridgehead atoms. The highest BCUT2D eigenvalue weighted by molar-refractivity contribution is 5.95. The van der Waals surface area contributed by atoms with Crippen LogP contribution in [-0.4, -0.2) is 15.9 Å². The first kappa shape index (κ1) is 17.3. The molecule has 3 rings (SSSR count). The van der Waals surface area contributed by atoms with Crippen molar-refractivity contribution in [1.82, 2.24) is 9.97 Å². The monoisotopic (exact) mass is 347 g/mol. The quantitative estimate of drug-likeness (QED) is 0.902. The van der Waals surface area contributed by atoms with Gasteiger partial charge in [-0.1, -0.05) is 27.7 Å². The van der Waals surface area contributed by atoms with Crippen molar-refractivity contribution in [2.45, 2.75) is 27.7 Å². The molecule has 0 radical (unpaired) electrons. The van der Waals surface area contributed by atoms with E-state index < -0.39 is 11.6 Å². The molecule has 25 heavy (non-hydrogen) atoms. The Morgan fingerprint density at radius 3 is 2.28 bits per heavy atom. The van der Waals surface area contributed by atoms with E-state index >= 15 is 0 Å². The summed E-state index contributed by atoms with van der Waals surface area (Å²) in [5.74, 6) is -1.64. The van der Waals surface area contributed by atoms with Crippen molar-refractivity contribution in [2.75, 3.05) is 5.32 Å². The summed E-state index contributed by atoms with van der Waals surface area (Å²) in [4.78, 5) is 20.5. The number of nitrogens with zero attached hydrogens (tertiary/aromatic N) is 2. The summed E-state index contributed by atoms with van der Waals surface area (Å²) in [6.45, 7) is 8.23. The minimum absolute atomic E-state index is 0.0692. The number of nitrogens with one attached hydrogen (secondary N) is 1. The van der Waals surface area contributed by atoms with Gasteiger partial charge >= 0.3 is 0 Å². The number of rotatable bonds is 4. The van der Waals surface area contributed by atoms with Gasteiger partial charge in [-0.3, -0.25) is 4.79 Å². The number of benzene rings is 1. The Morgan fingerprint density at radius 2 is 1.76 bits per heavy atom. The SMILES string of the molecule is CC1(C)C(C(=O)Nc2cnc(Oc3ccc(F)c(F)c3)cn2)C1(C)C. The zero-order valence-electron chi connectivity index (χ0n) is 14.4. The van der Waals surface area contributed by atoms with Gasteiger partial charge in [-0.15, -0.1) is 0 Å². The predicted molar refractivity (Wildman–Crippen MR) is 88.1 cm³/mol. The minimum Gasteiger partial charge on any atom is -0.437 e. The Balaban J connectivity index is 1.65. The fraction of sp³-hybridized carbons (Fsp3) is 0.389. The lowest BCUT2D eigenvalue weighted by Crippen LogP contribution is -2.18. The molecular formula is C18H19F2N3O2. The standard InChI is InChI=1S/C18H19F2N3O2/c1-17(2)15(18(17,3)4)16(24)23-13-8-22-14(9-21-13)25-10-5-6-11(19)12(20)7-10/h5-9,15H,1-4H3,(H,21,23,24). The number of halogens is 2. The van der Waals surface area contributed by atoms with Crippen LogP contribution >= 0.6 is 0 Å². The van der Waals surface area contributed by atoms with Crippen molar-refractivity contribution < 1.29 is 18.3 Å². The Kier molecular flexibility index (Phi) is 3.97. The molecular weight excluding hydrogens is 328 g/mol. The molecule has 1 fully saturated rings. The molecule has 1 N–H and O–H groups in total. The Morgan fingerprint density at radius 1 is 1.08 bits per heavy atom. The van der Waals surface area contributed by atoms with E-state index in [-0.39, 0.29) is 34.3 Å². The molecule has 1 aliphatic carbocycles. The first-order chi connectivity index (χ1) is 11.6. The van der Waals surface area contributed by atoms with E-state index in [1.54, 1.807) is 0 Å². The van der Waals surface area contributed by atoms with Crippen LogP contribution in [0.5, 0.6) is 11.6 Å². The summed E-state index contributed by atoms with van der Waals surface area (Å²) >= 11 is 0. The van der Waals surface area contributed by atoms with Crippen LogP contribution in [0.2, 0.25) is 0 Å². The topological polar surface area (TPSA) is 64.1 Å². The number of carbonyl (C=O) groups excluding carboxylic acids is 1. The Hall–Kier alpha value is -2.57. The zero-order valence-corrected chi connectivity index (χ0v) is 14.4. The first-order valence-corrected chi connectivity index (χ1v) is 7.89. The van der Waals surface area contributed by atoms with Crippen molar-refractivity contribution >= 4 is 11.7 Å². The summed E-state index contributed by atoms with van der Waals surface area (Å²) in [6, 6.07) is 3.17. The summed E-state index contributed by atoms with van der Waals surface area (Å²) in [5.41, 5.74) is -0.138. The molecule has 0 aliphatic heterocycles. The molecule has 0 saturated heterocycles. The van der Waals surface area contributed by atoms with Crippen LogP contribution < -0.4 is 10.1 Å². The lowest BCUT2D eigenvalue weighted by molar-refractivity contribution is -0.118. The summed E-state index contributed by atoms with van der Waals surface area (Å²) in [6.07, 6.45) is 2.66. The number of carbonyl (C=O) groups is 1. The molecule has 1 saturated carbocycles. The third-order valence-corrected chi connectivity index (χ3v) is 5.28. The number of hydrogen-bond donors (Lipinski definition) is 1. The van der Waals surface area contributed by atoms with Crippen molar-refractivity contribution in [3.05, 3.63) is 42.2 Å². The highest BCUT2D eigenvalue weighted by Gasteiger charge is 2.68. The van der Waals surface area contributed by atoms with Gasteiger partial charge in [0.1, 0.15) is 5.75 Å². The van der Waals surface area contributed by atoms with E-state index in [4.69, 9.17) is 4.74 Å². The molecule has 7 heteroatoms. The molecule has 0 unspecified atom stereocenters. The van der Waals surface area contributed by atoms with Gasteiger partial charge < -0.3 is 10.1 Å². The molecule has 0 spiro atoms. The van der Waals surface area contributed by atoms with Gasteiger partial charge in [0.2, 0.25) is 11.8 Å². The van der Waals surface area contributed by atoms with Crippen molar-refractivity contribution in [2.24, 2.45) is 16.7 Å². The molecule has 1 heterocycles. The van der Waals surface area contributed by atoms with Gasteiger partial charge in [0.05, 0.1) is 12.4 Å². The zero-order chi connectivity index (χ0) is 18.4. The lowest BCUT2D eigenvalue weighted by atomic mass is 10.0. The van der Waals surface area contributed by atoms with E-state index in [1.807, 2.05) is 0 Å². The van der Waals surface area contributed by atoms with Crippen LogP contribution in [0.3, 0.4) is 0 Å². The fourth-order valence-electron chi connectivity index (χ4n) is 3.14. The van der Waals surface area contributed by atoms with Crippen LogP contribution in [0.15, 0.2) is 30.6 Å². The van der Waals surface area contributed by atoms with Gasteiger partial charge in [0.25, 0.3) is 0 Å². The normalized spacial score (nSPS) is 17.8. The summed E-state index contributed by atoms with van der Waals surface area (Å²) < 4.78 is 31.4. The van der Waals surface area contributed by atoms with Gasteiger partial charge in [-0.2, -0.15) is 0 Å². The van der Waals surface area contributed by atoms with Gasteiger partial charge in [0, 0.05) is 12.0 Å². The van der Waals surface area contributed by atoms with E-state index in [0.29, 0.717) is 5.82 Å². The molecule has 1 amide bonds. The number of amides is 1. The van der Waals surface area contributed by atoms with Gasteiger partial charge in [-0.05, 0) is 23.0 Å². The molecule has 1 aliphatic rings. The second-order valence-corrected chi connectivity index (χ2v) is 7.28. The smallest absolute Gasteiger partial charge is 0.237 e. The Labute approximate surface area is 144 Å². The molecule has 2 aromatic rings. The summed E-state index contributed by atoms with van der Waals surface area (Å²) in [5, 5.41) is 2.75. The van der Waals surface area contributed by atoms with Crippen molar-refractivity contribution in [1.29, 1.82) is 0 Å². The van der Waals surface area contributed by atoms with Gasteiger partial charge in [0.15, 0.2) is 17.5 Å². The number of anilines is 1. The van der Waals surface area contributed by atoms with Crippen molar-refractivity contribution in [3.8, 4) is 11.6 Å². The van der Waals surface area contributed by atoms with Crippen LogP contribution in [0.1, 0.15) is 27.7 Å². The van der Waals surface area contributed by atoms with E-state index in [0.717, 1.165) is 12.1 Å². The molecule has 5 nitrogen and oxygen atoms in total. The van der Waals surface area contributed by atoms with Crippen molar-refractivity contribution in [3.63, 3.8) is 0 Å². The van der Waals surface area contributed by atoms with Gasteiger partial charge in [-0.25, -0.2) is 18.7 Å².